The van der Waals surface area contributed by atoms with Crippen LogP contribution in [0.4, 0.5) is 0 Å². The lowest BCUT2D eigenvalue weighted by molar-refractivity contribution is 0.0988. The Morgan fingerprint density at radius 1 is 0.771 bits per heavy atom. The van der Waals surface area contributed by atoms with Gasteiger partial charge in [0.15, 0.2) is 0 Å². The number of hydrogen-bond acceptors (Lipinski definition) is 7. The Labute approximate surface area is 206 Å². The van der Waals surface area contributed by atoms with E-state index in [9.17, 15) is 19.8 Å². The van der Waals surface area contributed by atoms with Crippen LogP contribution >= 0.6 is 0 Å². The lowest BCUT2D eigenvalue weighted by Crippen LogP contribution is -2.36. The molecule has 35 heavy (non-hydrogen) atoms. The number of phenols is 2. The monoisotopic (exact) mass is 483 g/mol. The van der Waals surface area contributed by atoms with E-state index in [0.29, 0.717) is 24.2 Å². The summed E-state index contributed by atoms with van der Waals surface area (Å²) in [6.45, 7) is 9.62. The Hall–Kier alpha value is -3.14. The molecule has 1 aliphatic rings. The van der Waals surface area contributed by atoms with Gasteiger partial charge in [0.05, 0.1) is 11.1 Å². The van der Waals surface area contributed by atoms with Crippen LogP contribution in [0.25, 0.3) is 0 Å². The molecule has 0 atom stereocenters. The van der Waals surface area contributed by atoms with Crippen LogP contribution in [0.2, 0.25) is 0 Å². The standard InChI is InChI=1S/C26H37N5O4/c1-17-11-19(23(32)21(13-17)25(27)34)15-30-7-3-5-29-6-4-8-31(10-9-30)16-20-12-18(2)14-22(24(20)33)26(28)35/h11-14,29,32-33H,3-10,15-16H2,1-2H3,(H2,27,34)(H2,28,35). The highest BCUT2D eigenvalue weighted by Crippen LogP contribution is 2.27. The van der Waals surface area contributed by atoms with Crippen molar-refractivity contribution in [3.8, 4) is 11.5 Å². The first kappa shape index (κ1) is 26.5. The summed E-state index contributed by atoms with van der Waals surface area (Å²) in [6, 6.07) is 6.99. The van der Waals surface area contributed by atoms with Crippen molar-refractivity contribution < 1.29 is 19.8 Å². The molecule has 0 radical (unpaired) electrons. The molecular weight excluding hydrogens is 446 g/mol. The molecule has 2 aromatic rings. The van der Waals surface area contributed by atoms with Crippen molar-refractivity contribution in [1.29, 1.82) is 0 Å². The van der Waals surface area contributed by atoms with Crippen LogP contribution in [0.5, 0.6) is 11.5 Å². The maximum Gasteiger partial charge on any atom is 0.252 e. The van der Waals surface area contributed by atoms with E-state index in [1.165, 1.54) is 0 Å². The predicted molar refractivity (Wildman–Crippen MR) is 135 cm³/mol. The minimum atomic E-state index is -0.645. The summed E-state index contributed by atoms with van der Waals surface area (Å²) < 4.78 is 0. The number of aryl methyl sites for hydroxylation is 2. The molecule has 1 fully saturated rings. The highest BCUT2D eigenvalue weighted by Gasteiger charge is 2.19. The van der Waals surface area contributed by atoms with E-state index in [4.69, 9.17) is 11.5 Å². The Morgan fingerprint density at radius 3 is 1.54 bits per heavy atom. The fourth-order valence-electron chi connectivity index (χ4n) is 4.61. The zero-order chi connectivity index (χ0) is 25.5. The lowest BCUT2D eigenvalue weighted by atomic mass is 10.0. The molecule has 9 heteroatoms. The summed E-state index contributed by atoms with van der Waals surface area (Å²) in [5.41, 5.74) is 14.3. The largest absolute Gasteiger partial charge is 0.507 e. The van der Waals surface area contributed by atoms with Gasteiger partial charge in [-0.05, 0) is 76.1 Å². The molecule has 0 saturated carbocycles. The number of nitrogens with two attached hydrogens (primary N) is 2. The van der Waals surface area contributed by atoms with Crippen molar-refractivity contribution >= 4 is 11.8 Å². The van der Waals surface area contributed by atoms with E-state index in [-0.39, 0.29) is 22.6 Å². The zero-order valence-electron chi connectivity index (χ0n) is 20.6. The van der Waals surface area contributed by atoms with Gasteiger partial charge >= 0.3 is 0 Å². The van der Waals surface area contributed by atoms with E-state index >= 15 is 0 Å². The van der Waals surface area contributed by atoms with Crippen LogP contribution in [-0.2, 0) is 13.1 Å². The van der Waals surface area contributed by atoms with E-state index in [1.54, 1.807) is 12.1 Å². The fourth-order valence-corrected chi connectivity index (χ4v) is 4.61. The number of aromatic hydroxyl groups is 2. The maximum absolute atomic E-state index is 11.8. The second kappa shape index (κ2) is 12.0. The highest BCUT2D eigenvalue weighted by molar-refractivity contribution is 5.96. The summed E-state index contributed by atoms with van der Waals surface area (Å²) in [7, 11) is 0. The van der Waals surface area contributed by atoms with Crippen molar-refractivity contribution in [2.45, 2.75) is 39.8 Å². The summed E-state index contributed by atoms with van der Waals surface area (Å²) in [5.74, 6) is -1.41. The van der Waals surface area contributed by atoms with Crippen LogP contribution in [-0.4, -0.2) is 71.1 Å². The third-order valence-electron chi connectivity index (χ3n) is 6.37. The number of nitrogens with zero attached hydrogens (tertiary/aromatic N) is 2. The minimum absolute atomic E-state index is 0.0592. The predicted octanol–water partition coefficient (Wildman–Crippen LogP) is 1.60. The molecule has 3 rings (SSSR count). The molecule has 1 aliphatic heterocycles. The second-order valence-electron chi connectivity index (χ2n) is 9.38. The third kappa shape index (κ3) is 7.17. The average Bonchev–Trinajstić information content (AvgIpc) is 2.84. The van der Waals surface area contributed by atoms with E-state index in [0.717, 1.165) is 63.2 Å². The number of hydrogen-bond donors (Lipinski definition) is 5. The quantitative estimate of drug-likeness (QED) is 0.420. The number of rotatable bonds is 6. The number of primary amides is 2. The molecule has 0 bridgehead atoms. The first-order valence-electron chi connectivity index (χ1n) is 12.1. The summed E-state index contributed by atoms with van der Waals surface area (Å²) >= 11 is 0. The Kier molecular flexibility index (Phi) is 9.08. The number of benzene rings is 2. The average molecular weight is 484 g/mol. The number of carbonyl (C=O) groups excluding carboxylic acids is 2. The third-order valence-corrected chi connectivity index (χ3v) is 6.37. The molecule has 7 N–H and O–H groups in total. The van der Waals surface area contributed by atoms with Crippen molar-refractivity contribution in [3.05, 3.63) is 57.6 Å². The number of amides is 2. The van der Waals surface area contributed by atoms with Gasteiger partial charge in [0, 0.05) is 37.3 Å². The van der Waals surface area contributed by atoms with E-state index < -0.39 is 11.8 Å². The number of carbonyl (C=O) groups is 2. The van der Waals surface area contributed by atoms with Gasteiger partial charge in [-0.15, -0.1) is 0 Å². The molecule has 0 unspecified atom stereocenters. The highest BCUT2D eigenvalue weighted by atomic mass is 16.3. The molecule has 1 heterocycles. The van der Waals surface area contributed by atoms with Crippen molar-refractivity contribution in [2.24, 2.45) is 11.5 Å². The Balaban J connectivity index is 1.80. The summed E-state index contributed by atoms with van der Waals surface area (Å²) in [4.78, 5) is 28.0. The normalized spacial score (nSPS) is 16.5. The van der Waals surface area contributed by atoms with Crippen LogP contribution in [0, 0.1) is 13.8 Å². The maximum atomic E-state index is 11.8. The molecule has 190 valence electrons. The van der Waals surface area contributed by atoms with Gasteiger partial charge in [0.25, 0.3) is 11.8 Å². The molecule has 2 aromatic carbocycles. The Morgan fingerprint density at radius 2 is 1.17 bits per heavy atom. The minimum Gasteiger partial charge on any atom is -0.507 e. The van der Waals surface area contributed by atoms with Crippen LogP contribution in [0.1, 0.15) is 55.8 Å². The second-order valence-corrected chi connectivity index (χ2v) is 9.38. The smallest absolute Gasteiger partial charge is 0.252 e. The van der Waals surface area contributed by atoms with Gasteiger partial charge < -0.3 is 27.0 Å². The van der Waals surface area contributed by atoms with Crippen molar-refractivity contribution in [2.75, 3.05) is 39.3 Å². The summed E-state index contributed by atoms with van der Waals surface area (Å²) in [6.07, 6.45) is 1.91. The van der Waals surface area contributed by atoms with Crippen LogP contribution < -0.4 is 16.8 Å². The van der Waals surface area contributed by atoms with Gasteiger partial charge in [0.2, 0.25) is 0 Å². The van der Waals surface area contributed by atoms with Gasteiger partial charge in [-0.25, -0.2) is 0 Å². The molecule has 0 aromatic heterocycles. The fraction of sp³-hybridized carbons (Fsp3) is 0.462. The molecular formula is C26H37N5O4. The zero-order valence-corrected chi connectivity index (χ0v) is 20.6. The SMILES string of the molecule is Cc1cc(CN2CCCNCCCN(Cc3cc(C)cc(C(N)=O)c3O)CC2)c(O)c(C(N)=O)c1. The van der Waals surface area contributed by atoms with E-state index in [1.807, 2.05) is 26.0 Å². The molecule has 1 saturated heterocycles. The first-order chi connectivity index (χ1) is 16.7. The molecule has 9 nitrogen and oxygen atoms in total. The van der Waals surface area contributed by atoms with Crippen LogP contribution in [0.3, 0.4) is 0 Å². The molecule has 0 spiro atoms. The van der Waals surface area contributed by atoms with Crippen molar-refractivity contribution in [3.63, 3.8) is 0 Å². The van der Waals surface area contributed by atoms with Gasteiger partial charge in [-0.1, -0.05) is 12.1 Å². The topological polar surface area (TPSA) is 145 Å². The Bertz CT molecular complexity index is 989. The molecule has 2 amide bonds. The lowest BCUT2D eigenvalue weighted by Gasteiger charge is -2.28. The van der Waals surface area contributed by atoms with Gasteiger partial charge in [0.1, 0.15) is 11.5 Å². The van der Waals surface area contributed by atoms with Crippen molar-refractivity contribution in [1.82, 2.24) is 15.1 Å². The number of nitrogens with one attached hydrogen (secondary N) is 1. The first-order valence-corrected chi connectivity index (χ1v) is 12.1. The summed E-state index contributed by atoms with van der Waals surface area (Å²) in [5, 5.41) is 24.8. The molecule has 0 aliphatic carbocycles. The van der Waals surface area contributed by atoms with Crippen LogP contribution in [0.15, 0.2) is 24.3 Å². The van der Waals surface area contributed by atoms with Gasteiger partial charge in [-0.3, -0.25) is 19.4 Å². The van der Waals surface area contributed by atoms with E-state index in [2.05, 4.69) is 15.1 Å². The van der Waals surface area contributed by atoms with Gasteiger partial charge in [-0.2, -0.15) is 0 Å².